The predicted octanol–water partition coefficient (Wildman–Crippen LogP) is 1.86. The van der Waals surface area contributed by atoms with Gasteiger partial charge in [0.15, 0.2) is 0 Å². The Morgan fingerprint density at radius 3 is 2.76 bits per heavy atom. The fourth-order valence-corrected chi connectivity index (χ4v) is 1.93. The molecule has 0 atom stereocenters. The number of anilines is 1. The first kappa shape index (κ1) is 15.1. The number of halogens is 1. The number of nitrogens with zero attached hydrogens (tertiary/aromatic N) is 1. The van der Waals surface area contributed by atoms with Gasteiger partial charge in [-0.25, -0.2) is 9.89 Å². The maximum absolute atomic E-state index is 11.3. The number of esters is 1. The number of aromatic amines is 1. The number of rotatable bonds is 5. The lowest BCUT2D eigenvalue weighted by atomic mass is 10.1. The average Bonchev–Trinajstić information content (AvgIpc) is 2.51. The lowest BCUT2D eigenvalue weighted by Crippen LogP contribution is -2.13. The van der Waals surface area contributed by atoms with Crippen LogP contribution in [0.2, 0.25) is 5.02 Å². The Morgan fingerprint density at radius 1 is 1.38 bits per heavy atom. The van der Waals surface area contributed by atoms with E-state index < -0.39 is 5.56 Å². The first-order valence-electron chi connectivity index (χ1n) is 6.26. The Hall–Kier alpha value is -2.34. The number of nitrogens with one attached hydrogen (secondary N) is 2. The van der Waals surface area contributed by atoms with Crippen LogP contribution in [-0.2, 0) is 11.2 Å². The molecule has 0 aliphatic heterocycles. The van der Waals surface area contributed by atoms with Gasteiger partial charge in [-0.2, -0.15) is 5.10 Å². The molecule has 21 heavy (non-hydrogen) atoms. The van der Waals surface area contributed by atoms with Crippen molar-refractivity contribution >= 4 is 23.3 Å². The van der Waals surface area contributed by atoms with E-state index in [-0.39, 0.29) is 11.0 Å². The molecule has 0 bridgehead atoms. The molecule has 0 aliphatic carbocycles. The first-order chi connectivity index (χ1) is 10.1. The third kappa shape index (κ3) is 3.82. The quantitative estimate of drug-likeness (QED) is 0.824. The minimum atomic E-state index is -0.427. The van der Waals surface area contributed by atoms with Crippen molar-refractivity contribution in [1.82, 2.24) is 10.2 Å². The SMILES string of the molecule is COC(=O)c1ccc(CCNc2cn[nH]c(=O)c2Cl)cc1. The van der Waals surface area contributed by atoms with Crippen LogP contribution in [0.1, 0.15) is 15.9 Å². The maximum Gasteiger partial charge on any atom is 0.337 e. The second-order valence-electron chi connectivity index (χ2n) is 4.29. The number of benzene rings is 1. The van der Waals surface area contributed by atoms with Crippen molar-refractivity contribution in [2.75, 3.05) is 19.0 Å². The van der Waals surface area contributed by atoms with E-state index in [9.17, 15) is 9.59 Å². The Labute approximate surface area is 126 Å². The highest BCUT2D eigenvalue weighted by molar-refractivity contribution is 6.32. The van der Waals surface area contributed by atoms with Crippen molar-refractivity contribution in [2.24, 2.45) is 0 Å². The minimum absolute atomic E-state index is 0.0889. The van der Waals surface area contributed by atoms with Gasteiger partial charge in [-0.15, -0.1) is 0 Å². The molecular formula is C14H14ClN3O3. The normalized spacial score (nSPS) is 10.2. The zero-order valence-corrected chi connectivity index (χ0v) is 12.1. The van der Waals surface area contributed by atoms with E-state index in [1.807, 2.05) is 12.1 Å². The van der Waals surface area contributed by atoms with Gasteiger partial charge in [0.2, 0.25) is 0 Å². The zero-order valence-electron chi connectivity index (χ0n) is 11.4. The fraction of sp³-hybridized carbons (Fsp3) is 0.214. The largest absolute Gasteiger partial charge is 0.465 e. The Kier molecular flexibility index (Phi) is 4.94. The molecular weight excluding hydrogens is 294 g/mol. The molecule has 6 nitrogen and oxygen atoms in total. The highest BCUT2D eigenvalue weighted by atomic mass is 35.5. The Balaban J connectivity index is 1.93. The van der Waals surface area contributed by atoms with Gasteiger partial charge in [0, 0.05) is 6.54 Å². The van der Waals surface area contributed by atoms with Gasteiger partial charge >= 0.3 is 5.97 Å². The summed E-state index contributed by atoms with van der Waals surface area (Å²) in [5, 5.41) is 9.06. The van der Waals surface area contributed by atoms with Crippen molar-refractivity contribution in [3.8, 4) is 0 Å². The molecule has 0 aliphatic rings. The van der Waals surface area contributed by atoms with E-state index in [1.54, 1.807) is 12.1 Å². The highest BCUT2D eigenvalue weighted by Crippen LogP contribution is 2.14. The molecule has 1 heterocycles. The van der Waals surface area contributed by atoms with Crippen LogP contribution >= 0.6 is 11.6 Å². The van der Waals surface area contributed by atoms with E-state index in [1.165, 1.54) is 13.3 Å². The number of carbonyl (C=O) groups excluding carboxylic acids is 1. The van der Waals surface area contributed by atoms with E-state index in [0.29, 0.717) is 24.2 Å². The van der Waals surface area contributed by atoms with Gasteiger partial charge in [0.1, 0.15) is 5.02 Å². The van der Waals surface area contributed by atoms with Crippen molar-refractivity contribution in [3.05, 3.63) is 57.0 Å². The van der Waals surface area contributed by atoms with Gasteiger partial charge in [-0.1, -0.05) is 23.7 Å². The summed E-state index contributed by atoms with van der Waals surface area (Å²) >= 11 is 5.85. The molecule has 0 fully saturated rings. The summed E-state index contributed by atoms with van der Waals surface area (Å²) < 4.78 is 4.63. The number of ether oxygens (including phenoxy) is 1. The van der Waals surface area contributed by atoms with Gasteiger partial charge in [-0.05, 0) is 24.1 Å². The third-order valence-corrected chi connectivity index (χ3v) is 3.27. The van der Waals surface area contributed by atoms with E-state index in [0.717, 1.165) is 5.56 Å². The second-order valence-corrected chi connectivity index (χ2v) is 4.67. The van der Waals surface area contributed by atoms with Crippen LogP contribution in [0.25, 0.3) is 0 Å². The topological polar surface area (TPSA) is 84.1 Å². The van der Waals surface area contributed by atoms with Crippen molar-refractivity contribution in [3.63, 3.8) is 0 Å². The molecule has 7 heteroatoms. The van der Waals surface area contributed by atoms with E-state index in [4.69, 9.17) is 11.6 Å². The van der Waals surface area contributed by atoms with Crippen LogP contribution < -0.4 is 10.9 Å². The lowest BCUT2D eigenvalue weighted by Gasteiger charge is -2.07. The molecule has 1 aromatic heterocycles. The van der Waals surface area contributed by atoms with Crippen LogP contribution in [0.15, 0.2) is 35.3 Å². The fourth-order valence-electron chi connectivity index (χ4n) is 1.77. The summed E-state index contributed by atoms with van der Waals surface area (Å²) in [6.07, 6.45) is 2.18. The average molecular weight is 308 g/mol. The molecule has 0 unspecified atom stereocenters. The monoisotopic (exact) mass is 307 g/mol. The van der Waals surface area contributed by atoms with Crippen molar-refractivity contribution < 1.29 is 9.53 Å². The third-order valence-electron chi connectivity index (χ3n) is 2.90. The van der Waals surface area contributed by atoms with E-state index >= 15 is 0 Å². The maximum atomic E-state index is 11.3. The van der Waals surface area contributed by atoms with Gasteiger partial charge in [0.25, 0.3) is 5.56 Å². The number of hydrogen-bond acceptors (Lipinski definition) is 5. The molecule has 0 saturated carbocycles. The predicted molar refractivity (Wildman–Crippen MR) is 79.8 cm³/mol. The summed E-state index contributed by atoms with van der Waals surface area (Å²) in [5.41, 5.74) is 1.62. The van der Waals surface area contributed by atoms with Gasteiger partial charge in [0.05, 0.1) is 24.6 Å². The molecule has 2 rings (SSSR count). The van der Waals surface area contributed by atoms with Crippen LogP contribution in [0.4, 0.5) is 5.69 Å². The molecule has 0 amide bonds. The molecule has 110 valence electrons. The molecule has 2 aromatic rings. The lowest BCUT2D eigenvalue weighted by molar-refractivity contribution is 0.0600. The summed E-state index contributed by atoms with van der Waals surface area (Å²) in [6, 6.07) is 7.13. The van der Waals surface area contributed by atoms with E-state index in [2.05, 4.69) is 20.3 Å². The van der Waals surface area contributed by atoms with Crippen molar-refractivity contribution in [2.45, 2.75) is 6.42 Å². The Bertz CT molecular complexity index is 683. The number of H-pyrrole nitrogens is 1. The number of methoxy groups -OCH3 is 1. The summed E-state index contributed by atoms with van der Waals surface area (Å²) in [5.74, 6) is -0.360. The van der Waals surface area contributed by atoms with Crippen LogP contribution in [0, 0.1) is 0 Å². The molecule has 2 N–H and O–H groups in total. The van der Waals surface area contributed by atoms with Crippen molar-refractivity contribution in [1.29, 1.82) is 0 Å². The molecule has 0 radical (unpaired) electrons. The highest BCUT2D eigenvalue weighted by Gasteiger charge is 2.06. The molecule has 0 spiro atoms. The van der Waals surface area contributed by atoms with Crippen LogP contribution in [0.5, 0.6) is 0 Å². The van der Waals surface area contributed by atoms with Gasteiger partial charge in [-0.3, -0.25) is 4.79 Å². The van der Waals surface area contributed by atoms with Crippen LogP contribution in [0.3, 0.4) is 0 Å². The summed E-state index contributed by atoms with van der Waals surface area (Å²) in [4.78, 5) is 22.6. The number of aromatic nitrogens is 2. The molecule has 0 saturated heterocycles. The standard InChI is InChI=1S/C14H14ClN3O3/c1-21-14(20)10-4-2-9(3-5-10)6-7-16-11-8-17-18-13(19)12(11)15/h2-5,8H,6-7H2,1H3,(H2,16,18,19). The first-order valence-corrected chi connectivity index (χ1v) is 6.64. The minimum Gasteiger partial charge on any atom is -0.465 e. The smallest absolute Gasteiger partial charge is 0.337 e. The second kappa shape index (κ2) is 6.90. The summed E-state index contributed by atoms with van der Waals surface area (Å²) in [7, 11) is 1.35. The number of carbonyl (C=O) groups is 1. The molecule has 1 aromatic carbocycles. The summed E-state index contributed by atoms with van der Waals surface area (Å²) in [6.45, 7) is 0.586. The zero-order chi connectivity index (χ0) is 15.2. The number of hydrogen-bond donors (Lipinski definition) is 2. The Morgan fingerprint density at radius 2 is 2.10 bits per heavy atom. The van der Waals surface area contributed by atoms with Gasteiger partial charge < -0.3 is 10.1 Å². The van der Waals surface area contributed by atoms with Crippen LogP contribution in [-0.4, -0.2) is 29.8 Å².